The van der Waals surface area contributed by atoms with Gasteiger partial charge in [0.2, 0.25) is 15.9 Å². The van der Waals surface area contributed by atoms with Gasteiger partial charge in [0.05, 0.1) is 23.0 Å². The molecule has 2 aliphatic rings. The van der Waals surface area contributed by atoms with E-state index in [9.17, 15) is 22.4 Å². The van der Waals surface area contributed by atoms with Crippen LogP contribution in [0, 0.1) is 19.7 Å². The van der Waals surface area contributed by atoms with Crippen LogP contribution in [-0.2, 0) is 19.6 Å². The summed E-state index contributed by atoms with van der Waals surface area (Å²) >= 11 is 0. The van der Waals surface area contributed by atoms with Gasteiger partial charge in [0, 0.05) is 26.2 Å². The van der Waals surface area contributed by atoms with Gasteiger partial charge >= 0.3 is 0 Å². The summed E-state index contributed by atoms with van der Waals surface area (Å²) in [6, 6.07) is 9.85. The SMILES string of the molecule is Cc1ccc(S(=O)(=O)N2CCN(C3CC(=O)N(c4ccc(F)cc4)C3=O)CC2)c(C)c1. The van der Waals surface area contributed by atoms with Crippen molar-refractivity contribution in [1.82, 2.24) is 9.21 Å². The number of benzene rings is 2. The molecule has 2 aliphatic heterocycles. The normalized spacial score (nSPS) is 21.1. The van der Waals surface area contributed by atoms with E-state index in [2.05, 4.69) is 0 Å². The lowest BCUT2D eigenvalue weighted by Gasteiger charge is -2.36. The molecule has 2 aromatic rings. The first-order valence-electron chi connectivity index (χ1n) is 10.1. The fourth-order valence-corrected chi connectivity index (χ4v) is 5.87. The summed E-state index contributed by atoms with van der Waals surface area (Å²) in [5, 5.41) is 0. The van der Waals surface area contributed by atoms with Crippen molar-refractivity contribution >= 4 is 27.5 Å². The highest BCUT2D eigenvalue weighted by molar-refractivity contribution is 7.89. The summed E-state index contributed by atoms with van der Waals surface area (Å²) in [4.78, 5) is 28.6. The second-order valence-electron chi connectivity index (χ2n) is 7.97. The number of hydrogen-bond donors (Lipinski definition) is 0. The molecule has 2 aromatic carbocycles. The molecular formula is C22H24FN3O4S. The molecule has 9 heteroatoms. The highest BCUT2D eigenvalue weighted by Crippen LogP contribution is 2.28. The lowest BCUT2D eigenvalue weighted by molar-refractivity contribution is -0.123. The number of rotatable bonds is 4. The molecule has 31 heavy (non-hydrogen) atoms. The van der Waals surface area contributed by atoms with Crippen LogP contribution in [0.4, 0.5) is 10.1 Å². The van der Waals surface area contributed by atoms with Gasteiger partial charge in [0.1, 0.15) is 5.82 Å². The molecule has 0 spiro atoms. The summed E-state index contributed by atoms with van der Waals surface area (Å²) in [7, 11) is -3.63. The average molecular weight is 446 g/mol. The Morgan fingerprint density at radius 3 is 2.19 bits per heavy atom. The molecule has 2 saturated heterocycles. The molecule has 0 N–H and O–H groups in total. The standard InChI is InChI=1S/C22H24FN3O4S/c1-15-3-8-20(16(2)13-15)31(29,30)25-11-9-24(10-12-25)19-14-21(27)26(22(19)28)18-6-4-17(23)5-7-18/h3-8,13,19H,9-12,14H2,1-2H3. The van der Waals surface area contributed by atoms with E-state index in [-0.39, 0.29) is 31.3 Å². The number of nitrogens with zero attached hydrogens (tertiary/aromatic N) is 3. The van der Waals surface area contributed by atoms with Crippen LogP contribution in [0.2, 0.25) is 0 Å². The van der Waals surface area contributed by atoms with Gasteiger partial charge in [0.15, 0.2) is 0 Å². The Hall–Kier alpha value is -2.62. The number of halogens is 1. The van der Waals surface area contributed by atoms with E-state index in [4.69, 9.17) is 0 Å². The van der Waals surface area contributed by atoms with Gasteiger partial charge in [0.25, 0.3) is 5.91 Å². The van der Waals surface area contributed by atoms with E-state index in [1.54, 1.807) is 19.1 Å². The van der Waals surface area contributed by atoms with Crippen molar-refractivity contribution in [2.45, 2.75) is 31.2 Å². The van der Waals surface area contributed by atoms with Crippen molar-refractivity contribution in [3.05, 3.63) is 59.4 Å². The molecule has 4 rings (SSSR count). The topological polar surface area (TPSA) is 78.0 Å². The molecule has 2 amide bonds. The fraction of sp³-hybridized carbons (Fsp3) is 0.364. The van der Waals surface area contributed by atoms with Crippen molar-refractivity contribution < 1.29 is 22.4 Å². The maximum Gasteiger partial charge on any atom is 0.251 e. The number of hydrogen-bond acceptors (Lipinski definition) is 5. The lowest BCUT2D eigenvalue weighted by Crippen LogP contribution is -2.53. The Morgan fingerprint density at radius 1 is 0.935 bits per heavy atom. The van der Waals surface area contributed by atoms with Crippen molar-refractivity contribution in [3.63, 3.8) is 0 Å². The number of carbonyl (C=O) groups excluding carboxylic acids is 2. The Kier molecular flexibility index (Phi) is 5.67. The number of amides is 2. The van der Waals surface area contributed by atoms with Gasteiger partial charge < -0.3 is 0 Å². The third-order valence-corrected chi connectivity index (χ3v) is 7.93. The largest absolute Gasteiger partial charge is 0.289 e. The summed E-state index contributed by atoms with van der Waals surface area (Å²) in [5.74, 6) is -1.14. The van der Waals surface area contributed by atoms with Crippen LogP contribution in [-0.4, -0.2) is 61.7 Å². The first-order chi connectivity index (χ1) is 14.7. The molecule has 2 fully saturated rings. The first kappa shape index (κ1) is 21.6. The van der Waals surface area contributed by atoms with E-state index >= 15 is 0 Å². The molecule has 0 bridgehead atoms. The minimum atomic E-state index is -3.63. The molecule has 0 aliphatic carbocycles. The molecule has 1 unspecified atom stereocenters. The Balaban J connectivity index is 1.46. The van der Waals surface area contributed by atoms with Crippen LogP contribution >= 0.6 is 0 Å². The molecule has 164 valence electrons. The van der Waals surface area contributed by atoms with E-state index < -0.39 is 21.9 Å². The van der Waals surface area contributed by atoms with Gasteiger partial charge in [-0.1, -0.05) is 17.7 Å². The smallest absolute Gasteiger partial charge is 0.251 e. The van der Waals surface area contributed by atoms with E-state index in [1.807, 2.05) is 17.9 Å². The number of piperazine rings is 1. The second-order valence-corrected chi connectivity index (χ2v) is 9.88. The van der Waals surface area contributed by atoms with Crippen molar-refractivity contribution in [3.8, 4) is 0 Å². The third kappa shape index (κ3) is 4.00. The van der Waals surface area contributed by atoms with E-state index in [0.29, 0.717) is 29.2 Å². The highest BCUT2D eigenvalue weighted by atomic mass is 32.2. The van der Waals surface area contributed by atoms with Gasteiger partial charge in [-0.15, -0.1) is 0 Å². The van der Waals surface area contributed by atoms with Crippen LogP contribution in [0.3, 0.4) is 0 Å². The van der Waals surface area contributed by atoms with Crippen LogP contribution in [0.5, 0.6) is 0 Å². The zero-order valence-electron chi connectivity index (χ0n) is 17.4. The van der Waals surface area contributed by atoms with Gasteiger partial charge in [-0.3, -0.25) is 14.5 Å². The van der Waals surface area contributed by atoms with Crippen molar-refractivity contribution in [2.24, 2.45) is 0 Å². The number of anilines is 1. The number of imide groups is 1. The summed E-state index contributed by atoms with van der Waals surface area (Å²) in [5.41, 5.74) is 2.04. The number of sulfonamides is 1. The van der Waals surface area contributed by atoms with Crippen LogP contribution in [0.25, 0.3) is 0 Å². The number of aryl methyl sites for hydroxylation is 2. The molecular weight excluding hydrogens is 421 g/mol. The molecule has 7 nitrogen and oxygen atoms in total. The van der Waals surface area contributed by atoms with Gasteiger partial charge in [-0.05, 0) is 49.7 Å². The summed E-state index contributed by atoms with van der Waals surface area (Å²) in [6.07, 6.45) is 0.0278. The predicted octanol–water partition coefficient (Wildman–Crippen LogP) is 2.08. The maximum absolute atomic E-state index is 13.2. The summed E-state index contributed by atoms with van der Waals surface area (Å²) < 4.78 is 40.8. The van der Waals surface area contributed by atoms with E-state index in [0.717, 1.165) is 10.5 Å². The predicted molar refractivity (Wildman–Crippen MR) is 114 cm³/mol. The maximum atomic E-state index is 13.2. The van der Waals surface area contributed by atoms with Gasteiger partial charge in [-0.25, -0.2) is 17.7 Å². The Labute approximate surface area is 181 Å². The quantitative estimate of drug-likeness (QED) is 0.674. The van der Waals surface area contributed by atoms with Crippen molar-refractivity contribution in [1.29, 1.82) is 0 Å². The fourth-order valence-electron chi connectivity index (χ4n) is 4.25. The highest BCUT2D eigenvalue weighted by Gasteiger charge is 2.44. The molecule has 2 heterocycles. The zero-order chi connectivity index (χ0) is 22.3. The molecule has 0 saturated carbocycles. The average Bonchev–Trinajstić information content (AvgIpc) is 3.02. The second kappa shape index (κ2) is 8.14. The van der Waals surface area contributed by atoms with Crippen molar-refractivity contribution in [2.75, 3.05) is 31.1 Å². The molecule has 1 atom stereocenters. The van der Waals surface area contributed by atoms with Crippen LogP contribution in [0.15, 0.2) is 47.4 Å². The summed E-state index contributed by atoms with van der Waals surface area (Å²) in [6.45, 7) is 4.88. The van der Waals surface area contributed by atoms with E-state index in [1.165, 1.54) is 28.6 Å². The first-order valence-corrected chi connectivity index (χ1v) is 11.6. The van der Waals surface area contributed by atoms with Gasteiger partial charge in [-0.2, -0.15) is 4.31 Å². The third-order valence-electron chi connectivity index (χ3n) is 5.87. The zero-order valence-corrected chi connectivity index (χ0v) is 18.2. The number of carbonyl (C=O) groups is 2. The Bertz CT molecular complexity index is 1130. The van der Waals surface area contributed by atoms with Crippen LogP contribution < -0.4 is 4.90 Å². The minimum absolute atomic E-state index is 0.0278. The Morgan fingerprint density at radius 2 is 1.58 bits per heavy atom. The lowest BCUT2D eigenvalue weighted by atomic mass is 10.2. The van der Waals surface area contributed by atoms with Crippen LogP contribution in [0.1, 0.15) is 17.5 Å². The minimum Gasteiger partial charge on any atom is -0.289 e. The monoisotopic (exact) mass is 445 g/mol. The molecule has 0 aromatic heterocycles. The molecule has 0 radical (unpaired) electrons.